The number of ether oxygens (including phenoxy) is 1. The quantitative estimate of drug-likeness (QED) is 0.372. The fourth-order valence-corrected chi connectivity index (χ4v) is 3.35. The third-order valence-electron chi connectivity index (χ3n) is 4.77. The van der Waals surface area contributed by atoms with Crippen LogP contribution in [0.25, 0.3) is 0 Å². The van der Waals surface area contributed by atoms with Crippen molar-refractivity contribution in [3.63, 3.8) is 0 Å². The molecule has 1 aromatic carbocycles. The Bertz CT molecular complexity index is 782. The molecule has 29 heavy (non-hydrogen) atoms. The number of pyridine rings is 1. The zero-order valence-corrected chi connectivity index (χ0v) is 19.6. The van der Waals surface area contributed by atoms with Gasteiger partial charge in [0.2, 0.25) is 0 Å². The molecule has 1 aliphatic heterocycles. The first-order valence-corrected chi connectivity index (χ1v) is 9.91. The Morgan fingerprint density at radius 2 is 2.00 bits per heavy atom. The summed E-state index contributed by atoms with van der Waals surface area (Å²) in [4.78, 5) is 11.4. The standard InChI is InChI=1S/C22H29FN4O.HI/c1-4-24-22(25-12-11-18-6-5-16(2)26-13-18)27-14-17(3)28-21(15-27)19-7-9-20(23)10-8-19;/h5-10,13,17,21H,4,11-12,14-15H2,1-3H3,(H,24,25);1H. The van der Waals surface area contributed by atoms with Crippen LogP contribution >= 0.6 is 24.0 Å². The Kier molecular flexibility index (Phi) is 9.29. The third-order valence-corrected chi connectivity index (χ3v) is 4.77. The minimum Gasteiger partial charge on any atom is -0.367 e. The van der Waals surface area contributed by atoms with Crippen molar-refractivity contribution in [2.45, 2.75) is 39.4 Å². The number of aryl methyl sites for hydroxylation is 1. The van der Waals surface area contributed by atoms with Gasteiger partial charge in [0.05, 0.1) is 12.6 Å². The van der Waals surface area contributed by atoms with Crippen LogP contribution in [0.1, 0.15) is 36.8 Å². The lowest BCUT2D eigenvalue weighted by atomic mass is 10.1. The summed E-state index contributed by atoms with van der Waals surface area (Å²) in [6.07, 6.45) is 2.73. The lowest BCUT2D eigenvalue weighted by molar-refractivity contribution is -0.0605. The second kappa shape index (κ2) is 11.4. The van der Waals surface area contributed by atoms with Crippen molar-refractivity contribution < 1.29 is 9.13 Å². The van der Waals surface area contributed by atoms with Crippen molar-refractivity contribution in [1.82, 2.24) is 15.2 Å². The second-order valence-electron chi connectivity index (χ2n) is 7.19. The number of benzene rings is 1. The van der Waals surface area contributed by atoms with E-state index >= 15 is 0 Å². The molecule has 0 radical (unpaired) electrons. The average Bonchev–Trinajstić information content (AvgIpc) is 2.69. The first-order valence-electron chi connectivity index (χ1n) is 9.91. The molecule has 2 atom stereocenters. The van der Waals surface area contributed by atoms with E-state index in [4.69, 9.17) is 9.73 Å². The molecule has 0 saturated carbocycles. The van der Waals surface area contributed by atoms with Gasteiger partial charge in [0.25, 0.3) is 0 Å². The first-order chi connectivity index (χ1) is 13.5. The number of nitrogens with one attached hydrogen (secondary N) is 1. The molecule has 5 nitrogen and oxygen atoms in total. The maximum Gasteiger partial charge on any atom is 0.194 e. The highest BCUT2D eigenvalue weighted by Gasteiger charge is 2.28. The minimum absolute atomic E-state index is 0. The SMILES string of the molecule is CCNC(=NCCc1ccc(C)nc1)N1CC(C)OC(c2ccc(F)cc2)C1.I. The van der Waals surface area contributed by atoms with E-state index in [1.807, 2.05) is 19.2 Å². The number of aliphatic imine (C=N–C) groups is 1. The van der Waals surface area contributed by atoms with Crippen molar-refractivity contribution in [2.75, 3.05) is 26.2 Å². The van der Waals surface area contributed by atoms with Gasteiger partial charge >= 0.3 is 0 Å². The molecule has 0 spiro atoms. The summed E-state index contributed by atoms with van der Waals surface area (Å²) in [5.41, 5.74) is 3.19. The number of halogens is 2. The van der Waals surface area contributed by atoms with E-state index in [1.165, 1.54) is 17.7 Å². The van der Waals surface area contributed by atoms with Gasteiger partial charge in [-0.1, -0.05) is 18.2 Å². The maximum atomic E-state index is 13.3. The van der Waals surface area contributed by atoms with Crippen LogP contribution in [0, 0.1) is 12.7 Å². The molecule has 0 aliphatic carbocycles. The van der Waals surface area contributed by atoms with Crippen molar-refractivity contribution >= 4 is 29.9 Å². The van der Waals surface area contributed by atoms with E-state index in [2.05, 4.69) is 35.1 Å². The fourth-order valence-electron chi connectivity index (χ4n) is 3.35. The van der Waals surface area contributed by atoms with E-state index in [-0.39, 0.29) is 42.0 Å². The van der Waals surface area contributed by atoms with Gasteiger partial charge in [0.1, 0.15) is 11.9 Å². The summed E-state index contributed by atoms with van der Waals surface area (Å²) < 4.78 is 19.4. The van der Waals surface area contributed by atoms with Crippen LogP contribution in [0.2, 0.25) is 0 Å². The normalized spacial score (nSPS) is 19.6. The molecule has 1 fully saturated rings. The molecular formula is C22H30FIN4O. The van der Waals surface area contributed by atoms with Crippen molar-refractivity contribution in [1.29, 1.82) is 0 Å². The molecule has 1 aliphatic rings. The summed E-state index contributed by atoms with van der Waals surface area (Å²) in [7, 11) is 0. The third kappa shape index (κ3) is 6.92. The number of nitrogens with zero attached hydrogens (tertiary/aromatic N) is 3. The van der Waals surface area contributed by atoms with Gasteiger partial charge in [0, 0.05) is 31.5 Å². The molecular weight excluding hydrogens is 482 g/mol. The molecule has 1 aromatic heterocycles. The smallest absolute Gasteiger partial charge is 0.194 e. The van der Waals surface area contributed by atoms with Gasteiger partial charge in [-0.25, -0.2) is 4.39 Å². The van der Waals surface area contributed by atoms with E-state index in [9.17, 15) is 4.39 Å². The topological polar surface area (TPSA) is 49.8 Å². The second-order valence-corrected chi connectivity index (χ2v) is 7.19. The van der Waals surface area contributed by atoms with Gasteiger partial charge < -0.3 is 15.0 Å². The molecule has 1 N–H and O–H groups in total. The summed E-state index contributed by atoms with van der Waals surface area (Å²) in [6, 6.07) is 10.7. The molecule has 3 rings (SSSR count). The molecule has 2 heterocycles. The van der Waals surface area contributed by atoms with Gasteiger partial charge in [-0.2, -0.15) is 0 Å². The summed E-state index contributed by atoms with van der Waals surface area (Å²) in [5.74, 6) is 0.662. The van der Waals surface area contributed by atoms with Crippen molar-refractivity contribution in [2.24, 2.45) is 4.99 Å². The van der Waals surface area contributed by atoms with Crippen LogP contribution in [0.4, 0.5) is 4.39 Å². The lowest BCUT2D eigenvalue weighted by Crippen LogP contribution is -2.50. The van der Waals surface area contributed by atoms with Gasteiger partial charge in [-0.3, -0.25) is 9.98 Å². The highest BCUT2D eigenvalue weighted by atomic mass is 127. The van der Waals surface area contributed by atoms with E-state index in [0.29, 0.717) is 13.1 Å². The predicted octanol–water partition coefficient (Wildman–Crippen LogP) is 4.12. The Labute approximate surface area is 189 Å². The number of hydrogen-bond donors (Lipinski definition) is 1. The molecule has 2 aromatic rings. The Balaban J connectivity index is 0.00000300. The molecule has 1 saturated heterocycles. The maximum absolute atomic E-state index is 13.3. The van der Waals surface area contributed by atoms with Crippen LogP contribution in [-0.2, 0) is 11.2 Å². The highest BCUT2D eigenvalue weighted by Crippen LogP contribution is 2.25. The van der Waals surface area contributed by atoms with Crippen molar-refractivity contribution in [3.05, 3.63) is 65.2 Å². The fraction of sp³-hybridized carbons (Fsp3) is 0.455. The monoisotopic (exact) mass is 512 g/mol. The summed E-state index contributed by atoms with van der Waals surface area (Å²) in [5, 5.41) is 3.39. The Morgan fingerprint density at radius 1 is 1.24 bits per heavy atom. The number of rotatable bonds is 5. The highest BCUT2D eigenvalue weighted by molar-refractivity contribution is 14.0. The number of aromatic nitrogens is 1. The predicted molar refractivity (Wildman–Crippen MR) is 125 cm³/mol. The molecule has 158 valence electrons. The van der Waals surface area contributed by atoms with E-state index in [1.54, 1.807) is 12.1 Å². The van der Waals surface area contributed by atoms with Crippen LogP contribution < -0.4 is 5.32 Å². The molecule has 0 bridgehead atoms. The molecule has 7 heteroatoms. The largest absolute Gasteiger partial charge is 0.367 e. The number of hydrogen-bond acceptors (Lipinski definition) is 3. The van der Waals surface area contributed by atoms with Crippen LogP contribution in [0.15, 0.2) is 47.6 Å². The van der Waals surface area contributed by atoms with E-state index in [0.717, 1.165) is 36.7 Å². The van der Waals surface area contributed by atoms with Gasteiger partial charge in [-0.15, -0.1) is 24.0 Å². The van der Waals surface area contributed by atoms with E-state index < -0.39 is 0 Å². The zero-order valence-electron chi connectivity index (χ0n) is 17.3. The van der Waals surface area contributed by atoms with Gasteiger partial charge in [-0.05, 0) is 56.5 Å². The first kappa shape index (κ1) is 23.5. The molecule has 0 amide bonds. The average molecular weight is 512 g/mol. The number of guanidine groups is 1. The van der Waals surface area contributed by atoms with Crippen LogP contribution in [0.5, 0.6) is 0 Å². The summed E-state index contributed by atoms with van der Waals surface area (Å²) in [6.45, 7) is 9.08. The van der Waals surface area contributed by atoms with Crippen molar-refractivity contribution in [3.8, 4) is 0 Å². The minimum atomic E-state index is -0.232. The summed E-state index contributed by atoms with van der Waals surface area (Å²) >= 11 is 0. The van der Waals surface area contributed by atoms with Crippen LogP contribution in [-0.4, -0.2) is 48.1 Å². The molecule has 2 unspecified atom stereocenters. The van der Waals surface area contributed by atoms with Crippen LogP contribution in [0.3, 0.4) is 0 Å². The number of morpholine rings is 1. The zero-order chi connectivity index (χ0) is 19.9. The Hall–Kier alpha value is -1.74. The lowest BCUT2D eigenvalue weighted by Gasteiger charge is -2.38. The Morgan fingerprint density at radius 3 is 2.66 bits per heavy atom. The van der Waals surface area contributed by atoms with Gasteiger partial charge in [0.15, 0.2) is 5.96 Å².